The molecule has 0 saturated carbocycles. The normalized spacial score (nSPS) is 11.3. The second-order valence-corrected chi connectivity index (χ2v) is 5.51. The Bertz CT molecular complexity index is 964. The van der Waals surface area contributed by atoms with Crippen molar-refractivity contribution in [3.05, 3.63) is 65.9 Å². The van der Waals surface area contributed by atoms with Crippen LogP contribution in [-0.2, 0) is 0 Å². The first-order valence-corrected chi connectivity index (χ1v) is 7.18. The molecule has 0 amide bonds. The van der Waals surface area contributed by atoms with Gasteiger partial charge >= 0.3 is 0 Å². The molecule has 2 heteroatoms. The largest absolute Gasteiger partial charge is 0.354 e. The highest BCUT2D eigenvalue weighted by Crippen LogP contribution is 2.34. The monoisotopic (exact) mass is 272 g/mol. The zero-order valence-corrected chi connectivity index (χ0v) is 12.1. The minimum absolute atomic E-state index is 1.03. The molecule has 0 unspecified atom stereocenters. The standard InChI is InChI=1S/C19H16N2/c1-12-10-11-15-14-7-3-4-8-16(14)21-19(15)18(12)17-9-5-6-13(2)20-17/h3-11,21H,1-2H3. The van der Waals surface area contributed by atoms with Gasteiger partial charge in [0.25, 0.3) is 0 Å². The second kappa shape index (κ2) is 4.45. The number of fused-ring (bicyclic) bond motifs is 3. The van der Waals surface area contributed by atoms with Crippen molar-refractivity contribution in [2.24, 2.45) is 0 Å². The van der Waals surface area contributed by atoms with E-state index in [1.807, 2.05) is 13.0 Å². The molecule has 0 atom stereocenters. The van der Waals surface area contributed by atoms with Crippen LogP contribution in [0.3, 0.4) is 0 Å². The topological polar surface area (TPSA) is 28.7 Å². The van der Waals surface area contributed by atoms with Crippen LogP contribution in [0.5, 0.6) is 0 Å². The predicted octanol–water partition coefficient (Wildman–Crippen LogP) is 5.00. The Labute approximate surface area is 123 Å². The maximum atomic E-state index is 4.70. The number of nitrogens with zero attached hydrogens (tertiary/aromatic N) is 1. The molecule has 21 heavy (non-hydrogen) atoms. The van der Waals surface area contributed by atoms with Gasteiger partial charge < -0.3 is 4.98 Å². The van der Waals surface area contributed by atoms with Gasteiger partial charge in [-0.2, -0.15) is 0 Å². The SMILES string of the molecule is Cc1cccc(-c2c(C)ccc3c2[nH]c2ccccc23)n1. The number of aromatic amines is 1. The number of rotatable bonds is 1. The minimum Gasteiger partial charge on any atom is -0.354 e. The maximum absolute atomic E-state index is 4.70. The van der Waals surface area contributed by atoms with E-state index in [1.165, 1.54) is 32.9 Å². The van der Waals surface area contributed by atoms with E-state index in [0.717, 1.165) is 11.4 Å². The van der Waals surface area contributed by atoms with Gasteiger partial charge in [-0.3, -0.25) is 4.98 Å². The first kappa shape index (κ1) is 12.2. The van der Waals surface area contributed by atoms with Gasteiger partial charge in [-0.15, -0.1) is 0 Å². The summed E-state index contributed by atoms with van der Waals surface area (Å²) in [6, 6.07) is 19.0. The van der Waals surface area contributed by atoms with Gasteiger partial charge in [-0.1, -0.05) is 36.4 Å². The molecule has 0 aliphatic carbocycles. The number of pyridine rings is 1. The van der Waals surface area contributed by atoms with E-state index in [0.29, 0.717) is 0 Å². The molecule has 2 aromatic heterocycles. The van der Waals surface area contributed by atoms with Gasteiger partial charge in [-0.25, -0.2) is 0 Å². The van der Waals surface area contributed by atoms with Crippen molar-refractivity contribution in [1.29, 1.82) is 0 Å². The summed E-state index contributed by atoms with van der Waals surface area (Å²) in [4.78, 5) is 8.27. The summed E-state index contributed by atoms with van der Waals surface area (Å²) in [7, 11) is 0. The Balaban J connectivity index is 2.14. The van der Waals surface area contributed by atoms with Crippen molar-refractivity contribution in [2.75, 3.05) is 0 Å². The summed E-state index contributed by atoms with van der Waals surface area (Å²) in [6.07, 6.45) is 0. The maximum Gasteiger partial charge on any atom is 0.0728 e. The summed E-state index contributed by atoms with van der Waals surface area (Å²) >= 11 is 0. The number of benzene rings is 2. The van der Waals surface area contributed by atoms with Crippen molar-refractivity contribution < 1.29 is 0 Å². The molecule has 2 heterocycles. The molecule has 2 nitrogen and oxygen atoms in total. The Morgan fingerprint density at radius 2 is 1.67 bits per heavy atom. The fourth-order valence-corrected chi connectivity index (χ4v) is 3.04. The molecule has 0 radical (unpaired) electrons. The number of aromatic nitrogens is 2. The Kier molecular flexibility index (Phi) is 2.58. The second-order valence-electron chi connectivity index (χ2n) is 5.51. The predicted molar refractivity (Wildman–Crippen MR) is 88.5 cm³/mol. The van der Waals surface area contributed by atoms with Crippen molar-refractivity contribution in [3.8, 4) is 11.3 Å². The zero-order chi connectivity index (χ0) is 14.4. The third-order valence-electron chi connectivity index (χ3n) is 4.04. The molecule has 0 fully saturated rings. The van der Waals surface area contributed by atoms with E-state index in [4.69, 9.17) is 4.98 Å². The molecular formula is C19H16N2. The van der Waals surface area contributed by atoms with Gasteiger partial charge in [0.15, 0.2) is 0 Å². The molecule has 0 aliphatic rings. The lowest BCUT2D eigenvalue weighted by atomic mass is 10.0. The molecule has 0 aliphatic heterocycles. The van der Waals surface area contributed by atoms with E-state index < -0.39 is 0 Å². The Morgan fingerprint density at radius 1 is 0.810 bits per heavy atom. The number of hydrogen-bond donors (Lipinski definition) is 1. The van der Waals surface area contributed by atoms with Gasteiger partial charge in [0.1, 0.15) is 0 Å². The average molecular weight is 272 g/mol. The molecule has 0 spiro atoms. The van der Waals surface area contributed by atoms with Crippen LogP contribution in [0.1, 0.15) is 11.3 Å². The zero-order valence-electron chi connectivity index (χ0n) is 12.1. The lowest BCUT2D eigenvalue weighted by Gasteiger charge is -2.08. The van der Waals surface area contributed by atoms with E-state index in [1.54, 1.807) is 0 Å². The third-order valence-corrected chi connectivity index (χ3v) is 4.04. The first-order chi connectivity index (χ1) is 10.2. The molecule has 0 saturated heterocycles. The van der Waals surface area contributed by atoms with Crippen LogP contribution in [0.2, 0.25) is 0 Å². The third kappa shape index (κ3) is 1.83. The lowest BCUT2D eigenvalue weighted by molar-refractivity contribution is 1.20. The average Bonchev–Trinajstić information content (AvgIpc) is 2.85. The molecule has 102 valence electrons. The smallest absolute Gasteiger partial charge is 0.0728 e. The van der Waals surface area contributed by atoms with Gasteiger partial charge in [0.2, 0.25) is 0 Å². The highest BCUT2D eigenvalue weighted by Gasteiger charge is 2.12. The summed E-state index contributed by atoms with van der Waals surface area (Å²) in [6.45, 7) is 4.18. The van der Waals surface area contributed by atoms with Crippen LogP contribution in [0.25, 0.3) is 33.1 Å². The lowest BCUT2D eigenvalue weighted by Crippen LogP contribution is -1.90. The van der Waals surface area contributed by atoms with Crippen LogP contribution in [0.4, 0.5) is 0 Å². The van der Waals surface area contributed by atoms with Crippen LogP contribution < -0.4 is 0 Å². The summed E-state index contributed by atoms with van der Waals surface area (Å²) in [5.74, 6) is 0. The van der Waals surface area contributed by atoms with Crippen LogP contribution in [-0.4, -0.2) is 9.97 Å². The highest BCUT2D eigenvalue weighted by molar-refractivity contribution is 6.12. The minimum atomic E-state index is 1.03. The number of H-pyrrole nitrogens is 1. The summed E-state index contributed by atoms with van der Waals surface area (Å²) < 4.78 is 0. The highest BCUT2D eigenvalue weighted by atomic mass is 14.7. The molecular weight excluding hydrogens is 256 g/mol. The van der Waals surface area contributed by atoms with Crippen molar-refractivity contribution in [2.45, 2.75) is 13.8 Å². The molecule has 4 rings (SSSR count). The molecule has 1 N–H and O–H groups in total. The summed E-state index contributed by atoms with van der Waals surface area (Å²) in [5, 5.41) is 2.52. The van der Waals surface area contributed by atoms with Gasteiger partial charge in [0.05, 0.1) is 11.2 Å². The molecule has 0 bridgehead atoms. The molecule has 2 aromatic carbocycles. The van der Waals surface area contributed by atoms with E-state index in [-0.39, 0.29) is 0 Å². The van der Waals surface area contributed by atoms with Gasteiger partial charge in [0, 0.05) is 27.5 Å². The van der Waals surface area contributed by atoms with Crippen molar-refractivity contribution in [1.82, 2.24) is 9.97 Å². The Hall–Kier alpha value is -2.61. The van der Waals surface area contributed by atoms with Gasteiger partial charge in [-0.05, 0) is 37.6 Å². The van der Waals surface area contributed by atoms with Crippen molar-refractivity contribution >= 4 is 21.8 Å². The van der Waals surface area contributed by atoms with Crippen LogP contribution in [0.15, 0.2) is 54.6 Å². The Morgan fingerprint density at radius 3 is 2.52 bits per heavy atom. The summed E-state index contributed by atoms with van der Waals surface area (Å²) in [5.41, 5.74) is 6.87. The number of nitrogens with one attached hydrogen (secondary N) is 1. The quantitative estimate of drug-likeness (QED) is 0.519. The number of hydrogen-bond acceptors (Lipinski definition) is 1. The van der Waals surface area contributed by atoms with E-state index in [2.05, 4.69) is 60.4 Å². The fourth-order valence-electron chi connectivity index (χ4n) is 3.04. The molecule has 4 aromatic rings. The fraction of sp³-hybridized carbons (Fsp3) is 0.105. The van der Waals surface area contributed by atoms with E-state index in [9.17, 15) is 0 Å². The van der Waals surface area contributed by atoms with E-state index >= 15 is 0 Å². The first-order valence-electron chi connectivity index (χ1n) is 7.18. The number of aryl methyl sites for hydroxylation is 2. The van der Waals surface area contributed by atoms with Crippen LogP contribution >= 0.6 is 0 Å². The van der Waals surface area contributed by atoms with Crippen LogP contribution in [0, 0.1) is 13.8 Å². The van der Waals surface area contributed by atoms with Crippen molar-refractivity contribution in [3.63, 3.8) is 0 Å². The number of para-hydroxylation sites is 1.